The monoisotopic (exact) mass is 540 g/mol. The summed E-state index contributed by atoms with van der Waals surface area (Å²) in [6.45, 7) is 8.60. The highest BCUT2D eigenvalue weighted by molar-refractivity contribution is 14.0. The summed E-state index contributed by atoms with van der Waals surface area (Å²) in [5.74, 6) is 2.65. The number of aliphatic imine (C=N–C) groups is 1. The highest BCUT2D eigenvalue weighted by atomic mass is 127. The Labute approximate surface area is 201 Å². The van der Waals surface area contributed by atoms with Crippen LogP contribution in [-0.4, -0.2) is 68.0 Å². The molecular weight excluding hydrogens is 507 g/mol. The zero-order valence-corrected chi connectivity index (χ0v) is 20.9. The normalized spacial score (nSPS) is 14.4. The van der Waals surface area contributed by atoms with Gasteiger partial charge in [0, 0.05) is 39.8 Å². The van der Waals surface area contributed by atoms with E-state index in [4.69, 9.17) is 9.15 Å². The summed E-state index contributed by atoms with van der Waals surface area (Å²) in [5.41, 5.74) is 1.25. The molecule has 8 heteroatoms. The zero-order chi connectivity index (χ0) is 21.3. The number of benzene rings is 1. The molecule has 0 saturated carbocycles. The highest BCUT2D eigenvalue weighted by Gasteiger charge is 2.25. The molecule has 1 saturated heterocycles. The van der Waals surface area contributed by atoms with Crippen molar-refractivity contribution in [3.63, 3.8) is 0 Å². The van der Waals surface area contributed by atoms with Crippen LogP contribution in [0.4, 0.5) is 0 Å². The van der Waals surface area contributed by atoms with Gasteiger partial charge in [0.05, 0.1) is 12.9 Å². The zero-order valence-electron chi connectivity index (χ0n) is 18.5. The number of nitrogens with zero attached hydrogens (tertiary/aromatic N) is 3. The maximum atomic E-state index is 12.4. The third-order valence-electron chi connectivity index (χ3n) is 5.01. The Hall–Kier alpha value is -2.23. The summed E-state index contributed by atoms with van der Waals surface area (Å²) in [7, 11) is 1.80. The number of carbonyl (C=O) groups excluding carboxylic acids is 1. The minimum atomic E-state index is -0.0524. The number of hydrogen-bond acceptors (Lipinski definition) is 4. The lowest BCUT2D eigenvalue weighted by Gasteiger charge is -2.36. The number of halogens is 1. The van der Waals surface area contributed by atoms with Crippen molar-refractivity contribution in [3.05, 3.63) is 54.0 Å². The Morgan fingerprint density at radius 1 is 1.13 bits per heavy atom. The Morgan fingerprint density at radius 3 is 2.39 bits per heavy atom. The van der Waals surface area contributed by atoms with Gasteiger partial charge in [-0.2, -0.15) is 0 Å². The molecule has 1 aromatic carbocycles. The molecule has 0 atom stereocenters. The average molecular weight is 540 g/mol. The Kier molecular flexibility index (Phi) is 10.2. The van der Waals surface area contributed by atoms with E-state index in [0.717, 1.165) is 44.4 Å². The summed E-state index contributed by atoms with van der Waals surface area (Å²) in [5, 5.41) is 3.44. The topological polar surface area (TPSA) is 70.3 Å². The van der Waals surface area contributed by atoms with Gasteiger partial charge in [0.15, 0.2) is 11.7 Å². The van der Waals surface area contributed by atoms with Crippen LogP contribution in [0.3, 0.4) is 0 Å². The molecule has 0 aliphatic carbocycles. The van der Waals surface area contributed by atoms with Crippen molar-refractivity contribution >= 4 is 35.8 Å². The van der Waals surface area contributed by atoms with Crippen LogP contribution in [0, 0.1) is 5.92 Å². The molecule has 1 aromatic heterocycles. The van der Waals surface area contributed by atoms with Crippen molar-refractivity contribution in [1.82, 2.24) is 15.1 Å². The molecule has 1 amide bonds. The van der Waals surface area contributed by atoms with Gasteiger partial charge >= 0.3 is 0 Å². The van der Waals surface area contributed by atoms with Gasteiger partial charge in [0.25, 0.3) is 5.91 Å². The van der Waals surface area contributed by atoms with Crippen LogP contribution >= 0.6 is 24.0 Å². The molecular formula is C23H33IN4O3. The first-order valence-corrected chi connectivity index (χ1v) is 10.6. The Balaban J connectivity index is 0.00000341. The number of rotatable bonds is 7. The number of piperazine rings is 1. The number of ether oxygens (including phenoxy) is 1. The Bertz CT molecular complexity index is 814. The summed E-state index contributed by atoms with van der Waals surface area (Å²) in [4.78, 5) is 20.8. The number of furan rings is 1. The summed E-state index contributed by atoms with van der Waals surface area (Å²) in [6, 6.07) is 11.7. The molecule has 2 heterocycles. The first kappa shape index (κ1) is 25.0. The molecule has 3 rings (SSSR count). The van der Waals surface area contributed by atoms with Crippen LogP contribution in [-0.2, 0) is 6.42 Å². The molecule has 31 heavy (non-hydrogen) atoms. The Morgan fingerprint density at radius 2 is 1.81 bits per heavy atom. The average Bonchev–Trinajstić information content (AvgIpc) is 3.31. The van der Waals surface area contributed by atoms with E-state index in [0.29, 0.717) is 24.8 Å². The molecule has 1 aliphatic rings. The number of hydrogen-bond donors (Lipinski definition) is 1. The van der Waals surface area contributed by atoms with Crippen molar-refractivity contribution in [2.24, 2.45) is 10.9 Å². The largest absolute Gasteiger partial charge is 0.493 e. The smallest absolute Gasteiger partial charge is 0.289 e. The van der Waals surface area contributed by atoms with E-state index >= 15 is 0 Å². The summed E-state index contributed by atoms with van der Waals surface area (Å²) < 4.78 is 11.0. The van der Waals surface area contributed by atoms with Crippen molar-refractivity contribution in [3.8, 4) is 5.75 Å². The maximum Gasteiger partial charge on any atom is 0.289 e. The van der Waals surface area contributed by atoms with Crippen LogP contribution < -0.4 is 10.1 Å². The standard InChI is InChI=1S/C23H32N4O3.HI/c1-18(2)17-30-20-8-6-19(7-9-20)10-11-25-23(24-3)27-14-12-26(13-15-27)22(28)21-5-4-16-29-21;/h4-9,16,18H,10-15,17H2,1-3H3,(H,24,25);1H. The molecule has 0 bridgehead atoms. The first-order valence-electron chi connectivity index (χ1n) is 10.6. The molecule has 170 valence electrons. The van der Waals surface area contributed by atoms with E-state index < -0.39 is 0 Å². The van der Waals surface area contributed by atoms with Gasteiger partial charge in [-0.25, -0.2) is 0 Å². The van der Waals surface area contributed by atoms with Gasteiger partial charge in [-0.05, 0) is 42.2 Å². The fourth-order valence-corrected chi connectivity index (χ4v) is 3.34. The quantitative estimate of drug-likeness (QED) is 0.331. The summed E-state index contributed by atoms with van der Waals surface area (Å²) >= 11 is 0. The van der Waals surface area contributed by atoms with Crippen molar-refractivity contribution in [2.75, 3.05) is 46.4 Å². The van der Waals surface area contributed by atoms with Gasteiger partial charge in [-0.3, -0.25) is 9.79 Å². The van der Waals surface area contributed by atoms with Crippen molar-refractivity contribution in [2.45, 2.75) is 20.3 Å². The van der Waals surface area contributed by atoms with E-state index in [-0.39, 0.29) is 29.9 Å². The molecule has 1 N–H and O–H groups in total. The third-order valence-corrected chi connectivity index (χ3v) is 5.01. The second-order valence-electron chi connectivity index (χ2n) is 7.83. The van der Waals surface area contributed by atoms with Crippen LogP contribution in [0.2, 0.25) is 0 Å². The van der Waals surface area contributed by atoms with Crippen LogP contribution in [0.15, 0.2) is 52.1 Å². The van der Waals surface area contributed by atoms with E-state index in [9.17, 15) is 4.79 Å². The number of nitrogens with one attached hydrogen (secondary N) is 1. The fraction of sp³-hybridized carbons (Fsp3) is 0.478. The molecule has 2 aromatic rings. The van der Waals surface area contributed by atoms with Crippen LogP contribution in [0.25, 0.3) is 0 Å². The van der Waals surface area contributed by atoms with Crippen LogP contribution in [0.1, 0.15) is 30.0 Å². The van der Waals surface area contributed by atoms with Crippen molar-refractivity contribution in [1.29, 1.82) is 0 Å². The van der Waals surface area contributed by atoms with Crippen molar-refractivity contribution < 1.29 is 13.9 Å². The minimum Gasteiger partial charge on any atom is -0.493 e. The molecule has 1 fully saturated rings. The maximum absolute atomic E-state index is 12.4. The minimum absolute atomic E-state index is 0. The van der Waals surface area contributed by atoms with Gasteiger partial charge in [0.2, 0.25) is 0 Å². The molecule has 1 aliphatic heterocycles. The molecule has 0 radical (unpaired) electrons. The fourth-order valence-electron chi connectivity index (χ4n) is 3.34. The third kappa shape index (κ3) is 7.45. The SMILES string of the molecule is CN=C(NCCc1ccc(OCC(C)C)cc1)N1CCN(C(=O)c2ccco2)CC1.I. The van der Waals surface area contributed by atoms with Gasteiger partial charge in [0.1, 0.15) is 5.75 Å². The number of amides is 1. The van der Waals surface area contributed by atoms with E-state index in [2.05, 4.69) is 41.2 Å². The van der Waals surface area contributed by atoms with Gasteiger partial charge in [-0.1, -0.05) is 26.0 Å². The van der Waals surface area contributed by atoms with E-state index in [1.807, 2.05) is 17.0 Å². The molecule has 7 nitrogen and oxygen atoms in total. The second-order valence-corrected chi connectivity index (χ2v) is 7.83. The first-order chi connectivity index (χ1) is 14.6. The number of guanidine groups is 1. The highest BCUT2D eigenvalue weighted by Crippen LogP contribution is 2.14. The predicted octanol–water partition coefficient (Wildman–Crippen LogP) is 3.51. The molecule has 0 unspecified atom stereocenters. The van der Waals surface area contributed by atoms with Crippen LogP contribution in [0.5, 0.6) is 5.75 Å². The second kappa shape index (κ2) is 12.6. The lowest BCUT2D eigenvalue weighted by Crippen LogP contribution is -2.53. The van der Waals surface area contributed by atoms with Gasteiger partial charge in [-0.15, -0.1) is 24.0 Å². The van der Waals surface area contributed by atoms with E-state index in [1.165, 1.54) is 11.8 Å². The summed E-state index contributed by atoms with van der Waals surface area (Å²) in [6.07, 6.45) is 2.43. The number of carbonyl (C=O) groups is 1. The molecule has 0 spiro atoms. The lowest BCUT2D eigenvalue weighted by molar-refractivity contribution is 0.0658. The van der Waals surface area contributed by atoms with E-state index in [1.54, 1.807) is 19.2 Å². The lowest BCUT2D eigenvalue weighted by atomic mass is 10.1. The van der Waals surface area contributed by atoms with Gasteiger partial charge < -0.3 is 24.3 Å². The predicted molar refractivity (Wildman–Crippen MR) is 133 cm³/mol.